The zero-order valence-corrected chi connectivity index (χ0v) is 11.6. The Labute approximate surface area is 109 Å². The van der Waals surface area contributed by atoms with E-state index in [9.17, 15) is 9.90 Å². The summed E-state index contributed by atoms with van der Waals surface area (Å²) in [6, 6.07) is 0.721. The fourth-order valence-corrected chi connectivity index (χ4v) is 3.00. The van der Waals surface area contributed by atoms with Gasteiger partial charge in [-0.3, -0.25) is 4.90 Å². The van der Waals surface area contributed by atoms with Gasteiger partial charge in [0.05, 0.1) is 13.2 Å². The number of hydrogen-bond donors (Lipinski definition) is 1. The van der Waals surface area contributed by atoms with E-state index in [-0.39, 0.29) is 11.6 Å². The zero-order valence-electron chi connectivity index (χ0n) is 11.6. The standard InChI is InChI=1S/C13H24N2O3/c1-13(2,3)15(12(16)17)11-8-10(9-11)14-4-6-18-7-5-14/h10-11H,4-9H2,1-3H3,(H,16,17)/t10-,11-. The number of rotatable bonds is 2. The number of morpholine rings is 1. The Bertz CT molecular complexity index is 302. The van der Waals surface area contributed by atoms with E-state index in [1.807, 2.05) is 20.8 Å². The number of ether oxygens (including phenoxy) is 1. The van der Waals surface area contributed by atoms with Crippen molar-refractivity contribution in [1.82, 2.24) is 9.80 Å². The first-order valence-electron chi connectivity index (χ1n) is 6.73. The van der Waals surface area contributed by atoms with Crippen LogP contribution in [0.2, 0.25) is 0 Å². The maximum atomic E-state index is 11.4. The summed E-state index contributed by atoms with van der Waals surface area (Å²) in [4.78, 5) is 15.4. The van der Waals surface area contributed by atoms with Gasteiger partial charge in [0, 0.05) is 30.7 Å². The molecule has 0 bridgehead atoms. The first-order valence-corrected chi connectivity index (χ1v) is 6.73. The summed E-state index contributed by atoms with van der Waals surface area (Å²) >= 11 is 0. The van der Waals surface area contributed by atoms with Crippen LogP contribution in [0.3, 0.4) is 0 Å². The lowest BCUT2D eigenvalue weighted by Crippen LogP contribution is -2.61. The third-order valence-electron chi connectivity index (χ3n) is 3.94. The van der Waals surface area contributed by atoms with Crippen molar-refractivity contribution in [2.45, 2.75) is 51.2 Å². The molecule has 0 atom stereocenters. The highest BCUT2D eigenvalue weighted by atomic mass is 16.5. The van der Waals surface area contributed by atoms with Gasteiger partial charge in [0.1, 0.15) is 0 Å². The molecule has 5 nitrogen and oxygen atoms in total. The highest BCUT2D eigenvalue weighted by Crippen LogP contribution is 2.34. The molecule has 1 aliphatic heterocycles. The average Bonchev–Trinajstić information content (AvgIpc) is 2.21. The molecule has 0 spiro atoms. The third-order valence-corrected chi connectivity index (χ3v) is 3.94. The van der Waals surface area contributed by atoms with Gasteiger partial charge in [0.25, 0.3) is 0 Å². The number of carboxylic acid groups (broad SMARTS) is 1. The monoisotopic (exact) mass is 256 g/mol. The molecular weight excluding hydrogens is 232 g/mol. The molecule has 18 heavy (non-hydrogen) atoms. The predicted octanol–water partition coefficient (Wildman–Crippen LogP) is 1.63. The molecule has 1 aliphatic carbocycles. The Balaban J connectivity index is 1.88. The normalized spacial score (nSPS) is 29.7. The van der Waals surface area contributed by atoms with Gasteiger partial charge in [0.15, 0.2) is 0 Å². The molecule has 0 aromatic rings. The minimum absolute atomic E-state index is 0.176. The van der Waals surface area contributed by atoms with Crippen molar-refractivity contribution < 1.29 is 14.6 Å². The molecule has 1 amide bonds. The number of amides is 1. The van der Waals surface area contributed by atoms with Crippen LogP contribution in [0, 0.1) is 0 Å². The van der Waals surface area contributed by atoms with E-state index >= 15 is 0 Å². The maximum absolute atomic E-state index is 11.4. The molecular formula is C13H24N2O3. The van der Waals surface area contributed by atoms with E-state index < -0.39 is 6.09 Å². The van der Waals surface area contributed by atoms with Crippen LogP contribution >= 0.6 is 0 Å². The molecule has 2 aliphatic rings. The molecule has 0 aromatic heterocycles. The van der Waals surface area contributed by atoms with E-state index in [1.54, 1.807) is 4.90 Å². The predicted molar refractivity (Wildman–Crippen MR) is 68.8 cm³/mol. The van der Waals surface area contributed by atoms with Gasteiger partial charge in [-0.1, -0.05) is 0 Å². The van der Waals surface area contributed by atoms with E-state index in [1.165, 1.54) is 0 Å². The van der Waals surface area contributed by atoms with Crippen molar-refractivity contribution in [1.29, 1.82) is 0 Å². The van der Waals surface area contributed by atoms with Crippen LogP contribution in [0.15, 0.2) is 0 Å². The molecule has 0 radical (unpaired) electrons. The molecule has 5 heteroatoms. The van der Waals surface area contributed by atoms with Crippen LogP contribution in [-0.2, 0) is 4.74 Å². The van der Waals surface area contributed by atoms with Crippen molar-refractivity contribution in [3.63, 3.8) is 0 Å². The zero-order chi connectivity index (χ0) is 13.3. The van der Waals surface area contributed by atoms with Crippen LogP contribution in [0.4, 0.5) is 4.79 Å². The minimum Gasteiger partial charge on any atom is -0.465 e. The van der Waals surface area contributed by atoms with E-state index in [0.29, 0.717) is 6.04 Å². The molecule has 2 fully saturated rings. The Hall–Kier alpha value is -0.810. The van der Waals surface area contributed by atoms with Gasteiger partial charge in [-0.2, -0.15) is 0 Å². The Kier molecular flexibility index (Phi) is 3.82. The molecule has 0 aromatic carbocycles. The smallest absolute Gasteiger partial charge is 0.407 e. The van der Waals surface area contributed by atoms with Crippen molar-refractivity contribution in [3.8, 4) is 0 Å². The van der Waals surface area contributed by atoms with Crippen LogP contribution in [-0.4, -0.2) is 64.9 Å². The van der Waals surface area contributed by atoms with Gasteiger partial charge in [-0.05, 0) is 33.6 Å². The molecule has 1 N–H and O–H groups in total. The Morgan fingerprint density at radius 2 is 1.83 bits per heavy atom. The summed E-state index contributed by atoms with van der Waals surface area (Å²) in [6.45, 7) is 9.47. The van der Waals surface area contributed by atoms with Gasteiger partial charge >= 0.3 is 6.09 Å². The Morgan fingerprint density at radius 3 is 2.28 bits per heavy atom. The van der Waals surface area contributed by atoms with Crippen LogP contribution in [0.5, 0.6) is 0 Å². The second kappa shape index (κ2) is 5.05. The van der Waals surface area contributed by atoms with Gasteiger partial charge in [0.2, 0.25) is 0 Å². The summed E-state index contributed by atoms with van der Waals surface area (Å²) in [5.41, 5.74) is -0.313. The summed E-state index contributed by atoms with van der Waals surface area (Å²) in [5, 5.41) is 9.33. The lowest BCUT2D eigenvalue weighted by molar-refractivity contribution is -0.0419. The number of hydrogen-bond acceptors (Lipinski definition) is 3. The average molecular weight is 256 g/mol. The molecule has 1 saturated carbocycles. The van der Waals surface area contributed by atoms with Crippen molar-refractivity contribution in [2.24, 2.45) is 0 Å². The number of nitrogens with zero attached hydrogens (tertiary/aromatic N) is 2. The summed E-state index contributed by atoms with van der Waals surface area (Å²) < 4.78 is 5.34. The molecule has 104 valence electrons. The molecule has 1 saturated heterocycles. The van der Waals surface area contributed by atoms with Crippen LogP contribution in [0.1, 0.15) is 33.6 Å². The Morgan fingerprint density at radius 1 is 1.28 bits per heavy atom. The van der Waals surface area contributed by atoms with E-state index in [4.69, 9.17) is 4.74 Å². The van der Waals surface area contributed by atoms with Crippen molar-refractivity contribution in [2.75, 3.05) is 26.3 Å². The molecule has 1 heterocycles. The summed E-state index contributed by atoms with van der Waals surface area (Å²) in [5.74, 6) is 0. The topological polar surface area (TPSA) is 53.0 Å². The van der Waals surface area contributed by atoms with E-state index in [2.05, 4.69) is 4.90 Å². The van der Waals surface area contributed by atoms with Gasteiger partial charge in [-0.15, -0.1) is 0 Å². The van der Waals surface area contributed by atoms with E-state index in [0.717, 1.165) is 39.1 Å². The SMILES string of the molecule is CC(C)(C)N(C(=O)O)[C@H]1C[C@H](N2CCOCC2)C1. The summed E-state index contributed by atoms with van der Waals surface area (Å²) in [7, 11) is 0. The first kappa shape index (κ1) is 13.6. The summed E-state index contributed by atoms with van der Waals surface area (Å²) in [6.07, 6.45) is 1.13. The quantitative estimate of drug-likeness (QED) is 0.816. The fourth-order valence-electron chi connectivity index (χ4n) is 3.00. The number of carbonyl (C=O) groups is 1. The minimum atomic E-state index is -0.798. The lowest BCUT2D eigenvalue weighted by Gasteiger charge is -2.51. The van der Waals surface area contributed by atoms with Crippen LogP contribution < -0.4 is 0 Å². The fraction of sp³-hybridized carbons (Fsp3) is 0.923. The second-order valence-electron chi connectivity index (χ2n) is 6.25. The highest BCUT2D eigenvalue weighted by molar-refractivity contribution is 5.66. The third kappa shape index (κ3) is 2.78. The van der Waals surface area contributed by atoms with Crippen molar-refractivity contribution in [3.05, 3.63) is 0 Å². The lowest BCUT2D eigenvalue weighted by atomic mass is 9.82. The second-order valence-corrected chi connectivity index (χ2v) is 6.25. The highest BCUT2D eigenvalue weighted by Gasteiger charge is 2.43. The molecule has 0 unspecified atom stereocenters. The first-order chi connectivity index (χ1) is 8.39. The largest absolute Gasteiger partial charge is 0.465 e. The molecule has 2 rings (SSSR count). The van der Waals surface area contributed by atoms with Gasteiger partial charge < -0.3 is 14.7 Å². The van der Waals surface area contributed by atoms with Crippen molar-refractivity contribution >= 4 is 6.09 Å². The van der Waals surface area contributed by atoms with Gasteiger partial charge in [-0.25, -0.2) is 4.79 Å². The van der Waals surface area contributed by atoms with Crippen LogP contribution in [0.25, 0.3) is 0 Å². The maximum Gasteiger partial charge on any atom is 0.407 e.